The fraction of sp³-hybridized carbons (Fsp3) is 0.250. The van der Waals surface area contributed by atoms with E-state index in [9.17, 15) is 30.0 Å². The molecule has 0 radical (unpaired) electrons. The zero-order valence-corrected chi connectivity index (χ0v) is 18.1. The average molecular weight is 473 g/mol. The largest absolute Gasteiger partial charge is 0.416 e. The molecule has 1 heterocycles. The number of hydrogen-bond donors (Lipinski definition) is 1. The molecule has 0 atom stereocenters. The van der Waals surface area contributed by atoms with Gasteiger partial charge < -0.3 is 0 Å². The summed E-state index contributed by atoms with van der Waals surface area (Å²) in [4.78, 5) is 3.41. The van der Waals surface area contributed by atoms with Crippen LogP contribution in [0.4, 0.5) is 13.2 Å². The van der Waals surface area contributed by atoms with E-state index in [4.69, 9.17) is 0 Å². The summed E-state index contributed by atoms with van der Waals surface area (Å²) < 4.78 is 91.1. The number of sulfonamides is 1. The monoisotopic (exact) mass is 472 g/mol. The number of fused-ring (bicyclic) bond motifs is 1. The number of para-hydroxylation sites is 1. The molecule has 3 aromatic rings. The Kier molecular flexibility index (Phi) is 5.89. The second-order valence-corrected chi connectivity index (χ2v) is 11.8. The lowest BCUT2D eigenvalue weighted by atomic mass is 10.2. The highest BCUT2D eigenvalue weighted by atomic mass is 32.2. The standard InChI is InChI=1S/C20H19F3N2O4S2/c1-19(2,30(26,27)16-9-4-8-15(12-16)20(21,22)23)13-25-31(28,29)17-10-3-6-14-7-5-11-24-18(14)17/h3-12,25H,13H2,1-2H3. The minimum Gasteiger partial charge on any atom is -0.255 e. The molecule has 0 aliphatic heterocycles. The van der Waals surface area contributed by atoms with E-state index in [1.807, 2.05) is 0 Å². The van der Waals surface area contributed by atoms with Crippen molar-refractivity contribution in [3.63, 3.8) is 0 Å². The summed E-state index contributed by atoms with van der Waals surface area (Å²) in [5.74, 6) is 0. The van der Waals surface area contributed by atoms with Gasteiger partial charge in [0.15, 0.2) is 9.84 Å². The van der Waals surface area contributed by atoms with Crippen molar-refractivity contribution >= 4 is 30.8 Å². The highest BCUT2D eigenvalue weighted by Crippen LogP contribution is 2.33. The van der Waals surface area contributed by atoms with Gasteiger partial charge in [-0.2, -0.15) is 13.2 Å². The molecule has 0 aliphatic carbocycles. The Balaban J connectivity index is 1.91. The smallest absolute Gasteiger partial charge is 0.255 e. The minimum absolute atomic E-state index is 0.127. The number of nitrogens with zero attached hydrogens (tertiary/aromatic N) is 1. The maximum Gasteiger partial charge on any atom is 0.416 e. The Hall–Kier alpha value is -2.50. The number of alkyl halides is 3. The van der Waals surface area contributed by atoms with Gasteiger partial charge in [-0.25, -0.2) is 21.6 Å². The Morgan fingerprint density at radius 1 is 0.935 bits per heavy atom. The molecular weight excluding hydrogens is 453 g/mol. The van der Waals surface area contributed by atoms with Crippen LogP contribution in [0.1, 0.15) is 19.4 Å². The highest BCUT2D eigenvalue weighted by molar-refractivity contribution is 7.93. The van der Waals surface area contributed by atoms with Gasteiger partial charge in [0.2, 0.25) is 10.0 Å². The van der Waals surface area contributed by atoms with E-state index in [1.165, 1.54) is 32.2 Å². The lowest BCUT2D eigenvalue weighted by Gasteiger charge is -2.25. The van der Waals surface area contributed by atoms with Gasteiger partial charge in [0, 0.05) is 18.1 Å². The summed E-state index contributed by atoms with van der Waals surface area (Å²) in [6, 6.07) is 11.2. The van der Waals surface area contributed by atoms with Gasteiger partial charge in [-0.3, -0.25) is 4.98 Å². The summed E-state index contributed by atoms with van der Waals surface area (Å²) in [5.41, 5.74) is -0.886. The third kappa shape index (κ3) is 4.58. The molecule has 3 rings (SSSR count). The second kappa shape index (κ2) is 7.88. The van der Waals surface area contributed by atoms with Gasteiger partial charge in [-0.05, 0) is 44.2 Å². The van der Waals surface area contributed by atoms with Crippen molar-refractivity contribution in [2.45, 2.75) is 34.6 Å². The van der Waals surface area contributed by atoms with Gasteiger partial charge in [0.05, 0.1) is 20.7 Å². The van der Waals surface area contributed by atoms with Crippen molar-refractivity contribution in [2.24, 2.45) is 0 Å². The highest BCUT2D eigenvalue weighted by Gasteiger charge is 2.39. The Labute approximate surface area is 178 Å². The summed E-state index contributed by atoms with van der Waals surface area (Å²) in [6.07, 6.45) is -3.28. The van der Waals surface area contributed by atoms with E-state index < -0.39 is 47.8 Å². The van der Waals surface area contributed by atoms with Crippen LogP contribution in [0.25, 0.3) is 10.9 Å². The SMILES string of the molecule is CC(C)(CNS(=O)(=O)c1cccc2cccnc12)S(=O)(=O)c1cccc(C(F)(F)F)c1. The fourth-order valence-corrected chi connectivity index (χ4v) is 5.81. The van der Waals surface area contributed by atoms with E-state index in [0.29, 0.717) is 11.5 Å². The molecule has 166 valence electrons. The predicted molar refractivity (Wildman–Crippen MR) is 110 cm³/mol. The normalized spacial score (nSPS) is 13.5. The van der Waals surface area contributed by atoms with Crippen LogP contribution in [0.3, 0.4) is 0 Å². The van der Waals surface area contributed by atoms with Gasteiger partial charge >= 0.3 is 6.18 Å². The zero-order chi connectivity index (χ0) is 23.1. The predicted octanol–water partition coefficient (Wildman–Crippen LogP) is 3.78. The summed E-state index contributed by atoms with van der Waals surface area (Å²) in [5, 5.41) is 0.584. The van der Waals surface area contributed by atoms with Crippen LogP contribution in [0.2, 0.25) is 0 Å². The molecule has 0 saturated carbocycles. The van der Waals surface area contributed by atoms with E-state index in [1.54, 1.807) is 18.2 Å². The number of halogens is 3. The van der Waals surface area contributed by atoms with Gasteiger partial charge in [-0.1, -0.05) is 24.3 Å². The molecule has 0 spiro atoms. The first-order valence-corrected chi connectivity index (χ1v) is 12.0. The Bertz CT molecular complexity index is 1330. The topological polar surface area (TPSA) is 93.2 Å². The van der Waals surface area contributed by atoms with Gasteiger partial charge in [-0.15, -0.1) is 0 Å². The van der Waals surface area contributed by atoms with Crippen LogP contribution in [-0.2, 0) is 26.0 Å². The van der Waals surface area contributed by atoms with Crippen LogP contribution in [0, 0.1) is 0 Å². The third-order valence-electron chi connectivity index (χ3n) is 4.77. The zero-order valence-electron chi connectivity index (χ0n) is 16.5. The van der Waals surface area contributed by atoms with Crippen LogP contribution in [-0.4, -0.2) is 33.1 Å². The number of hydrogen-bond acceptors (Lipinski definition) is 5. The first kappa shape index (κ1) is 23.2. The molecule has 0 aliphatic rings. The van der Waals surface area contributed by atoms with E-state index >= 15 is 0 Å². The number of benzene rings is 2. The molecule has 6 nitrogen and oxygen atoms in total. The summed E-state index contributed by atoms with van der Waals surface area (Å²) in [7, 11) is -8.46. The van der Waals surface area contributed by atoms with Crippen molar-refractivity contribution in [1.82, 2.24) is 9.71 Å². The van der Waals surface area contributed by atoms with E-state index in [-0.39, 0.29) is 10.4 Å². The van der Waals surface area contributed by atoms with Crippen LogP contribution in [0.5, 0.6) is 0 Å². The first-order valence-electron chi connectivity index (χ1n) is 9.01. The maximum atomic E-state index is 13.0. The summed E-state index contributed by atoms with van der Waals surface area (Å²) >= 11 is 0. The maximum absolute atomic E-state index is 13.0. The molecule has 0 saturated heterocycles. The molecule has 11 heteroatoms. The van der Waals surface area contributed by atoms with E-state index in [2.05, 4.69) is 9.71 Å². The molecule has 0 amide bonds. The molecule has 1 N–H and O–H groups in total. The molecule has 0 bridgehead atoms. The van der Waals surface area contributed by atoms with Crippen molar-refractivity contribution in [3.05, 3.63) is 66.4 Å². The van der Waals surface area contributed by atoms with Crippen molar-refractivity contribution in [3.8, 4) is 0 Å². The van der Waals surface area contributed by atoms with Crippen molar-refractivity contribution in [1.29, 1.82) is 0 Å². The second-order valence-electron chi connectivity index (χ2n) is 7.44. The third-order valence-corrected chi connectivity index (χ3v) is 8.68. The number of rotatable bonds is 6. The molecule has 0 fully saturated rings. The van der Waals surface area contributed by atoms with Gasteiger partial charge in [0.25, 0.3) is 0 Å². The quantitative estimate of drug-likeness (QED) is 0.589. The molecule has 2 aromatic carbocycles. The number of aromatic nitrogens is 1. The van der Waals surface area contributed by atoms with Crippen molar-refractivity contribution < 1.29 is 30.0 Å². The van der Waals surface area contributed by atoms with Crippen LogP contribution < -0.4 is 4.72 Å². The lowest BCUT2D eigenvalue weighted by Crippen LogP contribution is -2.44. The first-order chi connectivity index (χ1) is 14.3. The molecular formula is C20H19F3N2O4S2. The average Bonchev–Trinajstić information content (AvgIpc) is 2.71. The minimum atomic E-state index is -4.71. The number of sulfone groups is 1. The van der Waals surface area contributed by atoms with E-state index in [0.717, 1.165) is 18.2 Å². The molecule has 31 heavy (non-hydrogen) atoms. The Morgan fingerprint density at radius 2 is 1.58 bits per heavy atom. The molecule has 1 aromatic heterocycles. The fourth-order valence-electron chi connectivity index (χ4n) is 2.89. The number of pyridine rings is 1. The number of nitrogens with one attached hydrogen (secondary N) is 1. The molecule has 0 unspecified atom stereocenters. The lowest BCUT2D eigenvalue weighted by molar-refractivity contribution is -0.137. The Morgan fingerprint density at radius 3 is 2.26 bits per heavy atom. The van der Waals surface area contributed by atoms with Crippen LogP contribution >= 0.6 is 0 Å². The van der Waals surface area contributed by atoms with Crippen LogP contribution in [0.15, 0.2) is 70.6 Å². The van der Waals surface area contributed by atoms with Gasteiger partial charge in [0.1, 0.15) is 4.90 Å². The van der Waals surface area contributed by atoms with Crippen molar-refractivity contribution in [2.75, 3.05) is 6.54 Å². The summed E-state index contributed by atoms with van der Waals surface area (Å²) in [6.45, 7) is 1.93.